The molecule has 0 heterocycles. The quantitative estimate of drug-likeness (QED) is 0.599. The fourth-order valence-electron chi connectivity index (χ4n) is 1.43. The molecule has 1 amide bonds. The van der Waals surface area contributed by atoms with Crippen LogP contribution in [-0.2, 0) is 14.3 Å². The van der Waals surface area contributed by atoms with Crippen LogP contribution in [0, 0.1) is 6.92 Å². The molecule has 0 aliphatic rings. The Bertz CT molecular complexity index is 445. The summed E-state index contributed by atoms with van der Waals surface area (Å²) in [5.41, 5.74) is 6.11. The first-order valence-electron chi connectivity index (χ1n) is 6.17. The van der Waals surface area contributed by atoms with E-state index in [0.717, 1.165) is 11.3 Å². The molecule has 0 saturated heterocycles. The van der Waals surface area contributed by atoms with Crippen LogP contribution in [0.3, 0.4) is 0 Å². The van der Waals surface area contributed by atoms with Crippen molar-refractivity contribution in [1.29, 1.82) is 0 Å². The Morgan fingerprint density at radius 2 is 2.11 bits per heavy atom. The van der Waals surface area contributed by atoms with Crippen molar-refractivity contribution in [2.75, 3.05) is 6.61 Å². The highest BCUT2D eigenvalue weighted by atomic mass is 16.5. The third kappa shape index (κ3) is 5.90. The van der Waals surface area contributed by atoms with Crippen molar-refractivity contribution in [2.24, 2.45) is 5.73 Å². The maximum absolute atomic E-state index is 11.3. The topological polar surface area (TPSA) is 78.6 Å². The summed E-state index contributed by atoms with van der Waals surface area (Å²) >= 11 is 0. The second kappa shape index (κ2) is 7.41. The van der Waals surface area contributed by atoms with Crippen LogP contribution >= 0.6 is 0 Å². The highest BCUT2D eigenvalue weighted by Crippen LogP contribution is 2.12. The molecule has 1 aromatic carbocycles. The molecule has 0 aliphatic heterocycles. The number of primary amides is 1. The summed E-state index contributed by atoms with van der Waals surface area (Å²) in [6.07, 6.45) is -0.160. The third-order valence-electron chi connectivity index (χ3n) is 2.49. The zero-order valence-corrected chi connectivity index (χ0v) is 11.2. The molecule has 104 valence electrons. The maximum Gasteiger partial charge on any atom is 0.306 e. The van der Waals surface area contributed by atoms with E-state index < -0.39 is 18.0 Å². The minimum absolute atomic E-state index is 0.198. The van der Waals surface area contributed by atoms with Crippen molar-refractivity contribution >= 4 is 11.9 Å². The molecule has 0 radical (unpaired) electrons. The highest BCUT2D eigenvalue weighted by molar-refractivity contribution is 5.81. The number of carbonyl (C=O) groups is 2. The average Bonchev–Trinajstić information content (AvgIpc) is 2.34. The number of hydrogen-bond acceptors (Lipinski definition) is 4. The SMILES string of the molecule is Cc1cccc(OCCCC(=O)O[C@H](C)C(N)=O)c1. The minimum Gasteiger partial charge on any atom is -0.494 e. The lowest BCUT2D eigenvalue weighted by atomic mass is 10.2. The lowest BCUT2D eigenvalue weighted by molar-refractivity contribution is -0.153. The molecule has 0 spiro atoms. The van der Waals surface area contributed by atoms with Crippen LogP contribution in [0.1, 0.15) is 25.3 Å². The largest absolute Gasteiger partial charge is 0.494 e. The van der Waals surface area contributed by atoms with E-state index in [2.05, 4.69) is 0 Å². The molecular weight excluding hydrogens is 246 g/mol. The second-order valence-corrected chi connectivity index (χ2v) is 4.30. The summed E-state index contributed by atoms with van der Waals surface area (Å²) < 4.78 is 10.3. The molecule has 1 atom stereocenters. The van der Waals surface area contributed by atoms with Crippen LogP contribution in [0.5, 0.6) is 5.75 Å². The average molecular weight is 265 g/mol. The molecule has 2 N–H and O–H groups in total. The number of hydrogen-bond donors (Lipinski definition) is 1. The van der Waals surface area contributed by atoms with Crippen LogP contribution in [0.4, 0.5) is 0 Å². The monoisotopic (exact) mass is 265 g/mol. The van der Waals surface area contributed by atoms with Gasteiger partial charge in [0.15, 0.2) is 6.10 Å². The zero-order chi connectivity index (χ0) is 14.3. The highest BCUT2D eigenvalue weighted by Gasteiger charge is 2.13. The second-order valence-electron chi connectivity index (χ2n) is 4.30. The van der Waals surface area contributed by atoms with E-state index in [0.29, 0.717) is 13.0 Å². The number of aryl methyl sites for hydroxylation is 1. The fraction of sp³-hybridized carbons (Fsp3) is 0.429. The Hall–Kier alpha value is -2.04. The zero-order valence-electron chi connectivity index (χ0n) is 11.2. The Labute approximate surface area is 112 Å². The first kappa shape index (κ1) is 15.0. The van der Waals surface area contributed by atoms with E-state index in [-0.39, 0.29) is 6.42 Å². The van der Waals surface area contributed by atoms with Gasteiger partial charge < -0.3 is 15.2 Å². The van der Waals surface area contributed by atoms with Crippen molar-refractivity contribution in [3.05, 3.63) is 29.8 Å². The van der Waals surface area contributed by atoms with E-state index in [1.54, 1.807) is 0 Å². The van der Waals surface area contributed by atoms with Gasteiger partial charge in [0.25, 0.3) is 5.91 Å². The molecule has 19 heavy (non-hydrogen) atoms. The summed E-state index contributed by atoms with van der Waals surface area (Å²) in [5.74, 6) is -0.317. The number of nitrogens with two attached hydrogens (primary N) is 1. The van der Waals surface area contributed by atoms with Crippen LogP contribution < -0.4 is 10.5 Å². The Kier molecular flexibility index (Phi) is 5.85. The smallest absolute Gasteiger partial charge is 0.306 e. The van der Waals surface area contributed by atoms with Gasteiger partial charge in [-0.15, -0.1) is 0 Å². The maximum atomic E-state index is 11.3. The van der Waals surface area contributed by atoms with Crippen LogP contribution in [0.25, 0.3) is 0 Å². The fourth-order valence-corrected chi connectivity index (χ4v) is 1.43. The third-order valence-corrected chi connectivity index (χ3v) is 2.49. The first-order valence-corrected chi connectivity index (χ1v) is 6.17. The van der Waals surface area contributed by atoms with Gasteiger partial charge in [-0.05, 0) is 38.0 Å². The van der Waals surface area contributed by atoms with Crippen molar-refractivity contribution in [3.8, 4) is 5.75 Å². The Morgan fingerprint density at radius 1 is 1.37 bits per heavy atom. The molecule has 1 rings (SSSR count). The number of carbonyl (C=O) groups excluding carboxylic acids is 2. The molecule has 0 aromatic heterocycles. The summed E-state index contributed by atoms with van der Waals surface area (Å²) in [6.45, 7) is 3.85. The number of benzene rings is 1. The normalized spacial score (nSPS) is 11.7. The lowest BCUT2D eigenvalue weighted by Gasteiger charge is -2.10. The Morgan fingerprint density at radius 3 is 2.74 bits per heavy atom. The molecule has 5 nitrogen and oxygen atoms in total. The van der Waals surface area contributed by atoms with Crippen LogP contribution in [0.15, 0.2) is 24.3 Å². The van der Waals surface area contributed by atoms with Crippen molar-refractivity contribution in [3.63, 3.8) is 0 Å². The lowest BCUT2D eigenvalue weighted by Crippen LogP contribution is -2.30. The van der Waals surface area contributed by atoms with Gasteiger partial charge in [0.05, 0.1) is 6.61 Å². The van der Waals surface area contributed by atoms with Gasteiger partial charge in [-0.2, -0.15) is 0 Å². The summed E-state index contributed by atoms with van der Waals surface area (Å²) in [4.78, 5) is 22.0. The van der Waals surface area contributed by atoms with Crippen LogP contribution in [0.2, 0.25) is 0 Å². The summed E-state index contributed by atoms with van der Waals surface area (Å²) in [6, 6.07) is 7.68. The minimum atomic E-state index is -0.884. The van der Waals surface area contributed by atoms with Crippen LogP contribution in [-0.4, -0.2) is 24.6 Å². The summed E-state index contributed by atoms with van der Waals surface area (Å²) in [5, 5.41) is 0. The number of esters is 1. The van der Waals surface area contributed by atoms with Gasteiger partial charge in [-0.1, -0.05) is 12.1 Å². The van der Waals surface area contributed by atoms with Gasteiger partial charge in [0.2, 0.25) is 0 Å². The predicted octanol–water partition coefficient (Wildman–Crippen LogP) is 1.57. The number of ether oxygens (including phenoxy) is 2. The van der Waals surface area contributed by atoms with Crippen molar-refractivity contribution in [2.45, 2.75) is 32.8 Å². The summed E-state index contributed by atoms with van der Waals surface area (Å²) in [7, 11) is 0. The van der Waals surface area contributed by atoms with E-state index in [1.807, 2.05) is 31.2 Å². The Balaban J connectivity index is 2.20. The molecule has 0 unspecified atom stereocenters. The van der Waals surface area contributed by atoms with E-state index in [4.69, 9.17) is 15.2 Å². The van der Waals surface area contributed by atoms with E-state index >= 15 is 0 Å². The van der Waals surface area contributed by atoms with Crippen molar-refractivity contribution < 1.29 is 19.1 Å². The number of amides is 1. The van der Waals surface area contributed by atoms with Crippen molar-refractivity contribution in [1.82, 2.24) is 0 Å². The first-order chi connectivity index (χ1) is 8.99. The van der Waals surface area contributed by atoms with Gasteiger partial charge in [-0.25, -0.2) is 0 Å². The molecule has 5 heteroatoms. The molecule has 1 aromatic rings. The van der Waals surface area contributed by atoms with Gasteiger partial charge in [0, 0.05) is 6.42 Å². The van der Waals surface area contributed by atoms with Gasteiger partial charge >= 0.3 is 5.97 Å². The van der Waals surface area contributed by atoms with E-state index in [1.165, 1.54) is 6.92 Å². The van der Waals surface area contributed by atoms with Gasteiger partial charge in [0.1, 0.15) is 5.75 Å². The predicted molar refractivity (Wildman–Crippen MR) is 70.7 cm³/mol. The molecule has 0 fully saturated rings. The standard InChI is InChI=1S/C14H19NO4/c1-10-5-3-6-12(9-10)18-8-4-7-13(16)19-11(2)14(15)17/h3,5-6,9,11H,4,7-8H2,1-2H3,(H2,15,17)/t11-/m1/s1. The molecule has 0 saturated carbocycles. The van der Waals surface area contributed by atoms with Gasteiger partial charge in [-0.3, -0.25) is 9.59 Å². The molecule has 0 bridgehead atoms. The number of rotatable bonds is 7. The van der Waals surface area contributed by atoms with E-state index in [9.17, 15) is 9.59 Å². The molecular formula is C14H19NO4. The molecule has 0 aliphatic carbocycles.